The van der Waals surface area contributed by atoms with Crippen molar-refractivity contribution in [3.8, 4) is 0 Å². The van der Waals surface area contributed by atoms with Crippen LogP contribution < -0.4 is 0 Å². The van der Waals surface area contributed by atoms with Gasteiger partial charge in [0.05, 0.1) is 0 Å². The largest absolute Gasteiger partial charge is 0.303 e. The Kier molecular flexibility index (Phi) is 1.61. The Morgan fingerprint density at radius 1 is 1.41 bits per heavy atom. The first-order valence-electron chi connectivity index (χ1n) is 14.3. The molecule has 3 aliphatic rings. The summed E-state index contributed by atoms with van der Waals surface area (Å²) in [6, 6.07) is 4.51. The van der Waals surface area contributed by atoms with Crippen LogP contribution in [0.4, 0.5) is 0 Å². The normalized spacial score (nSPS) is 45.3. The highest BCUT2D eigenvalue weighted by molar-refractivity contribution is 5.43. The number of likely N-dealkylation sites (N-methyl/N-ethyl adjacent to an activating group) is 1. The summed E-state index contributed by atoms with van der Waals surface area (Å²) in [5, 5.41) is 0. The van der Waals surface area contributed by atoms with Gasteiger partial charge in [0.25, 0.3) is 0 Å². The van der Waals surface area contributed by atoms with Gasteiger partial charge in [-0.25, -0.2) is 0 Å². The van der Waals surface area contributed by atoms with Gasteiger partial charge < -0.3 is 4.90 Å². The van der Waals surface area contributed by atoms with Gasteiger partial charge in [0, 0.05) is 27.9 Å². The van der Waals surface area contributed by atoms with Gasteiger partial charge in [0.2, 0.25) is 0 Å². The fourth-order valence-corrected chi connectivity index (χ4v) is 5.23. The van der Waals surface area contributed by atoms with Crippen molar-refractivity contribution < 1.29 is 16.4 Å². The van der Waals surface area contributed by atoms with E-state index in [0.717, 1.165) is 36.8 Å². The number of rotatable bonds is 2. The summed E-state index contributed by atoms with van der Waals surface area (Å²) in [7, 11) is 0. The monoisotopic (exact) mass is 309 g/mol. The summed E-state index contributed by atoms with van der Waals surface area (Å²) < 4.78 is 96.4. The second kappa shape index (κ2) is 5.37. The first-order chi connectivity index (χ1) is 15.4. The molecule has 0 aromatic heterocycles. The maximum Gasteiger partial charge on any atom is 0.0394 e. The van der Waals surface area contributed by atoms with E-state index < -0.39 is 32.9 Å². The lowest BCUT2D eigenvalue weighted by molar-refractivity contribution is 0.00281. The van der Waals surface area contributed by atoms with Crippen LogP contribution >= 0.6 is 0 Å². The summed E-state index contributed by atoms with van der Waals surface area (Å²) >= 11 is 0. The van der Waals surface area contributed by atoms with Gasteiger partial charge in [0.15, 0.2) is 0 Å². The summed E-state index contributed by atoms with van der Waals surface area (Å²) in [5.41, 5.74) is 1.30. The molecule has 2 fully saturated rings. The molecular formula is C21H31N. The second-order valence-electron chi connectivity index (χ2n) is 7.10. The van der Waals surface area contributed by atoms with E-state index in [1.165, 1.54) is 6.07 Å². The van der Waals surface area contributed by atoms with E-state index >= 15 is 0 Å². The molecule has 1 saturated carbocycles. The minimum atomic E-state index is -3.39. The lowest BCUT2D eigenvalue weighted by Gasteiger charge is -2.58. The lowest BCUT2D eigenvalue weighted by atomic mass is 9.52. The van der Waals surface area contributed by atoms with Gasteiger partial charge in [-0.15, -0.1) is 0 Å². The van der Waals surface area contributed by atoms with Crippen LogP contribution in [0.5, 0.6) is 0 Å². The van der Waals surface area contributed by atoms with Crippen LogP contribution in [0.3, 0.4) is 0 Å². The van der Waals surface area contributed by atoms with E-state index in [2.05, 4.69) is 0 Å². The van der Waals surface area contributed by atoms with Crippen molar-refractivity contribution >= 4 is 0 Å². The van der Waals surface area contributed by atoms with Crippen molar-refractivity contribution in [2.75, 3.05) is 13.5 Å². The van der Waals surface area contributed by atoms with Gasteiger partial charge in [-0.1, -0.05) is 44.7 Å². The lowest BCUT2D eigenvalue weighted by Crippen LogP contribution is -2.59. The fraction of sp³-hybridized carbons (Fsp3) is 0.714. The van der Waals surface area contributed by atoms with Crippen LogP contribution in [0.15, 0.2) is 18.2 Å². The van der Waals surface area contributed by atoms with E-state index in [0.29, 0.717) is 19.4 Å². The summed E-state index contributed by atoms with van der Waals surface area (Å²) in [6.45, 7) is -8.59. The van der Waals surface area contributed by atoms with Gasteiger partial charge in [-0.2, -0.15) is 0 Å². The topological polar surface area (TPSA) is 3.24 Å². The van der Waals surface area contributed by atoms with Crippen molar-refractivity contribution in [3.63, 3.8) is 0 Å². The standard InChI is InChI=1S/C21H31N/c1-15(2)12-16-7-8-17-14-20-18-6-4-5-9-21(18,19(17)13-16)10-11-22(20)3/h7-8,13,15,18,20H,4-6,9-12,14H2,1-3H3/t18-,20?,21-/m0/s1/i1D3,2D3,3D3,12D2,15D. The Morgan fingerprint density at radius 3 is 3.23 bits per heavy atom. The third-order valence-electron chi connectivity index (χ3n) is 6.11. The van der Waals surface area contributed by atoms with Crippen LogP contribution in [-0.2, 0) is 18.2 Å². The SMILES string of the molecule is [2H]C([2H])([2H])N1CC[C@@]23CCCC[C@H]2C1Cc1ccc(C([2H])([2H])C([2H])(C([2H])([2H])[2H])C([2H])([2H])[2H])cc13. The molecule has 1 saturated heterocycles. The first-order valence-corrected chi connectivity index (χ1v) is 8.29. The molecule has 1 heterocycles. The minimum Gasteiger partial charge on any atom is -0.303 e. The summed E-state index contributed by atoms with van der Waals surface area (Å²) in [4.78, 5) is 1.62. The minimum absolute atomic E-state index is 0.0787. The third kappa shape index (κ3) is 2.16. The number of benzene rings is 1. The van der Waals surface area contributed by atoms with Crippen LogP contribution in [0.25, 0.3) is 0 Å². The average molecular weight is 310 g/mol. The Morgan fingerprint density at radius 2 is 2.36 bits per heavy atom. The van der Waals surface area contributed by atoms with Crippen molar-refractivity contribution in [2.24, 2.45) is 11.8 Å². The summed E-state index contributed by atoms with van der Waals surface area (Å²) in [6.07, 6.45) is 1.75. The van der Waals surface area contributed by atoms with Gasteiger partial charge in [-0.05, 0) is 74.1 Å². The zero-order valence-electron chi connectivity index (χ0n) is 24.8. The molecule has 1 aromatic carbocycles. The fourth-order valence-electron chi connectivity index (χ4n) is 5.23. The third-order valence-corrected chi connectivity index (χ3v) is 6.11. The summed E-state index contributed by atoms with van der Waals surface area (Å²) in [5.74, 6) is -3.28. The molecule has 22 heavy (non-hydrogen) atoms. The number of nitrogens with zero attached hydrogens (tertiary/aromatic N) is 1. The number of hydrogen-bond donors (Lipinski definition) is 0. The van der Waals surface area contributed by atoms with E-state index in [1.54, 1.807) is 17.0 Å². The molecule has 3 atom stereocenters. The predicted molar refractivity (Wildman–Crippen MR) is 93.4 cm³/mol. The zero-order valence-corrected chi connectivity index (χ0v) is 12.8. The Balaban J connectivity index is 1.86. The number of likely N-dealkylation sites (tertiary alicyclic amines) is 1. The average Bonchev–Trinajstić information content (AvgIpc) is 2.70. The molecule has 2 aliphatic carbocycles. The van der Waals surface area contributed by atoms with E-state index in [-0.39, 0.29) is 22.9 Å². The van der Waals surface area contributed by atoms with Crippen molar-refractivity contribution in [1.29, 1.82) is 0 Å². The van der Waals surface area contributed by atoms with Crippen molar-refractivity contribution in [2.45, 2.75) is 70.1 Å². The molecule has 0 radical (unpaired) electrons. The molecule has 1 aromatic rings. The number of hydrogen-bond acceptors (Lipinski definition) is 1. The maximum absolute atomic E-state index is 8.65. The van der Waals surface area contributed by atoms with E-state index in [1.807, 2.05) is 0 Å². The number of fused-ring (bicyclic) bond motifs is 1. The first kappa shape index (κ1) is 6.59. The molecule has 0 N–H and O–H groups in total. The molecule has 120 valence electrons. The van der Waals surface area contributed by atoms with Crippen molar-refractivity contribution in [1.82, 2.24) is 4.90 Å². The molecule has 1 nitrogen and oxygen atoms in total. The highest BCUT2D eigenvalue weighted by Gasteiger charge is 2.52. The number of piperidine rings is 1. The van der Waals surface area contributed by atoms with E-state index in [4.69, 9.17) is 16.4 Å². The molecule has 0 spiro atoms. The van der Waals surface area contributed by atoms with Crippen LogP contribution in [0, 0.1) is 11.8 Å². The van der Waals surface area contributed by atoms with Gasteiger partial charge in [-0.3, -0.25) is 0 Å². The maximum atomic E-state index is 8.65. The zero-order chi connectivity index (χ0) is 25.5. The highest BCUT2D eigenvalue weighted by atomic mass is 15.1. The second-order valence-corrected chi connectivity index (χ2v) is 7.10. The smallest absolute Gasteiger partial charge is 0.0394 e. The van der Waals surface area contributed by atoms with E-state index in [9.17, 15) is 0 Å². The molecular weight excluding hydrogens is 266 g/mol. The Hall–Kier alpha value is -0.820. The van der Waals surface area contributed by atoms with Gasteiger partial charge >= 0.3 is 0 Å². The molecule has 4 rings (SSSR count). The highest BCUT2D eigenvalue weighted by Crippen LogP contribution is 2.55. The molecule has 1 heteroatoms. The van der Waals surface area contributed by atoms with Crippen LogP contribution in [-0.4, -0.2) is 24.5 Å². The quantitative estimate of drug-likeness (QED) is 0.773. The predicted octanol–water partition coefficient (Wildman–Crippen LogP) is 4.57. The molecule has 0 amide bonds. The molecule has 1 aliphatic heterocycles. The van der Waals surface area contributed by atoms with Crippen LogP contribution in [0.2, 0.25) is 0 Å². The Bertz CT molecular complexity index is 933. The Labute approximate surface area is 153 Å². The molecule has 1 unspecified atom stereocenters. The molecule has 2 bridgehead atoms. The van der Waals surface area contributed by atoms with Crippen molar-refractivity contribution in [3.05, 3.63) is 34.9 Å². The van der Waals surface area contributed by atoms with Gasteiger partial charge in [0.1, 0.15) is 0 Å². The van der Waals surface area contributed by atoms with Crippen LogP contribution in [0.1, 0.15) is 78.9 Å².